The molecule has 8 aromatic carbocycles. The minimum atomic E-state index is -3.28. The Morgan fingerprint density at radius 1 is 0.505 bits per heavy atom. The standard InChI is InChI=1S/C21H26INO3S.C14H13IO3S.C14H14O3S.C8H11BO4S.C7H15NO.C6H5BrO.C5H4BrClN2.C5H12/c1-3-27(24,25)19-6-4-5-17(13-19)18-7-8-21(20(22)14-18)26-15-16-9-11-23(2)12-10-16;1-2-19(17,18)12-5-3-4-10(8-12)11-6-7-14(16)13(15)9-11;1-2-18(16,17)14-5-3-4-12(10-14)11-6-8-13(15)9-7-11;1-2-14(12,13)8-5-3-4-7(6-8)9(10)11;1-8-4-2-7(6-9)3-5-8;7-5-1-3-6(8)4-2-5;6-4-1-3(7)2-9-5(4)8;1-3-5-4-2/h4-8,13-14,16H,3,9-12,15H2,1-2H3;3-9,16H,2H2,1H3;3-10,15H,2H2,1H3;3-6,10-11H,2H2,1H3;7,9H,2-6H2,1H3;1-4,8H;1-2H,(H2,8,9);3-5H2,1-2H3. The van der Waals surface area contributed by atoms with Gasteiger partial charge in [0.25, 0.3) is 0 Å². The van der Waals surface area contributed by atoms with Gasteiger partial charge < -0.3 is 50.7 Å². The lowest BCUT2D eigenvalue weighted by atomic mass is 9.80. The van der Waals surface area contributed by atoms with Crippen LogP contribution in [0.4, 0.5) is 5.82 Å². The van der Waals surface area contributed by atoms with Gasteiger partial charge in [-0.1, -0.05) is 161 Å². The van der Waals surface area contributed by atoms with Crippen LogP contribution in [0.25, 0.3) is 33.4 Å². The van der Waals surface area contributed by atoms with Crippen molar-refractivity contribution >= 4 is 146 Å². The van der Waals surface area contributed by atoms with Crippen LogP contribution in [-0.2, 0) is 39.3 Å². The molecule has 0 radical (unpaired) electrons. The molecule has 9 aromatic rings. The fourth-order valence-corrected chi connectivity index (χ4v) is 16.0. The van der Waals surface area contributed by atoms with E-state index < -0.39 is 46.5 Å². The number of unbranched alkanes of at least 4 members (excludes halogenated alkanes) is 2. The molecular formula is C80H100BBr2ClI2N4O15S4. The van der Waals surface area contributed by atoms with Crippen molar-refractivity contribution in [3.05, 3.63) is 215 Å². The number of hydrogen-bond acceptors (Lipinski definition) is 19. The summed E-state index contributed by atoms with van der Waals surface area (Å²) < 4.78 is 104. The number of likely N-dealkylation sites (tertiary alicyclic amines) is 2. The summed E-state index contributed by atoms with van der Waals surface area (Å²) in [7, 11) is -10.2. The highest BCUT2D eigenvalue weighted by Gasteiger charge is 2.21. The molecule has 0 spiro atoms. The van der Waals surface area contributed by atoms with Crippen LogP contribution in [0.5, 0.6) is 23.0 Å². The van der Waals surface area contributed by atoms with Crippen molar-refractivity contribution in [1.29, 1.82) is 0 Å². The van der Waals surface area contributed by atoms with E-state index in [1.165, 1.54) is 82.3 Å². The van der Waals surface area contributed by atoms with Crippen LogP contribution >= 0.6 is 88.6 Å². The van der Waals surface area contributed by atoms with E-state index in [9.17, 15) is 43.9 Å². The van der Waals surface area contributed by atoms with Gasteiger partial charge in [-0.25, -0.2) is 38.7 Å². The van der Waals surface area contributed by atoms with E-state index in [0.717, 1.165) is 88.0 Å². The Balaban J connectivity index is 0.000000275. The van der Waals surface area contributed by atoms with Crippen molar-refractivity contribution in [1.82, 2.24) is 14.8 Å². The second-order valence-electron chi connectivity index (χ2n) is 25.3. The van der Waals surface area contributed by atoms with Crippen LogP contribution < -0.4 is 15.9 Å². The molecule has 2 aliphatic rings. The first-order chi connectivity index (χ1) is 51.5. The fraction of sp³-hybridized carbons (Fsp3) is 0.338. The first kappa shape index (κ1) is 95.7. The molecule has 0 amide bonds. The van der Waals surface area contributed by atoms with E-state index in [4.69, 9.17) is 42.3 Å². The first-order valence-electron chi connectivity index (χ1n) is 35.4. The molecule has 0 saturated carbocycles. The summed E-state index contributed by atoms with van der Waals surface area (Å²) in [5.41, 5.74) is 10.9. The number of pyridine rings is 1. The molecule has 11 rings (SSSR count). The number of hydrogen-bond donors (Lipinski definition) is 7. The van der Waals surface area contributed by atoms with Gasteiger partial charge in [-0.3, -0.25) is 0 Å². The van der Waals surface area contributed by atoms with E-state index in [-0.39, 0.29) is 44.9 Å². The highest BCUT2D eigenvalue weighted by atomic mass is 127. The molecule has 8 N–H and O–H groups in total. The molecule has 19 nitrogen and oxygen atoms in total. The van der Waals surface area contributed by atoms with Gasteiger partial charge in [0.15, 0.2) is 39.3 Å². The summed E-state index contributed by atoms with van der Waals surface area (Å²) in [6, 6.07) is 53.0. The Hall–Kier alpha value is -5.72. The van der Waals surface area contributed by atoms with Crippen LogP contribution in [0.15, 0.2) is 223 Å². The molecular weight excluding hydrogens is 1850 g/mol. The number of rotatable bonds is 18. The third-order valence-electron chi connectivity index (χ3n) is 17.1. The van der Waals surface area contributed by atoms with Crippen molar-refractivity contribution in [2.24, 2.45) is 11.8 Å². The van der Waals surface area contributed by atoms with Gasteiger partial charge in [-0.15, -0.1) is 0 Å². The Kier molecular flexibility index (Phi) is 42.4. The number of aromatic nitrogens is 1. The molecule has 0 atom stereocenters. The number of phenolic OH excluding ortho intramolecular Hbond substituents is 3. The number of nitrogen functional groups attached to an aromatic ring is 1. The molecule has 3 heterocycles. The number of halogens is 5. The number of piperidine rings is 2. The molecule has 1 aromatic heterocycles. The van der Waals surface area contributed by atoms with Crippen LogP contribution in [0.1, 0.15) is 86.5 Å². The third-order valence-corrected chi connectivity index (χ3v) is 27.1. The van der Waals surface area contributed by atoms with Crippen LogP contribution in [0, 0.1) is 19.0 Å². The van der Waals surface area contributed by atoms with Crippen LogP contribution in [-0.4, -0.2) is 163 Å². The summed E-state index contributed by atoms with van der Waals surface area (Å²) in [4.78, 5) is 9.60. The fourth-order valence-electron chi connectivity index (χ4n) is 10.2. The van der Waals surface area contributed by atoms with Crippen molar-refractivity contribution in [2.45, 2.75) is 106 Å². The number of nitrogens with zero attached hydrogens (tertiary/aromatic N) is 3. The third kappa shape index (κ3) is 33.9. The Bertz CT molecular complexity index is 4720. The SMILES string of the molecule is CCCCC.CCS(=O)(=O)c1cccc(-c2ccc(O)c(I)c2)c1.CCS(=O)(=O)c1cccc(-c2ccc(O)cc2)c1.CCS(=O)(=O)c1cccc(-c2ccc(OCC3CCN(C)CC3)c(I)c2)c1.CCS(=O)(=O)c1cccc(B(O)O)c1.CN1CCC(CO)CC1.Nc1ncc(Cl)cc1Br.Oc1ccc(Br)cc1. The van der Waals surface area contributed by atoms with Gasteiger partial charge in [-0.2, -0.15) is 0 Å². The summed E-state index contributed by atoms with van der Waals surface area (Å²) in [5, 5.41) is 54.5. The second kappa shape index (κ2) is 48.4. The topological polar surface area (TPSA) is 313 Å². The number of aliphatic hydroxyl groups is 1. The molecule has 2 aliphatic heterocycles. The minimum absolute atomic E-state index is 0.00201. The lowest BCUT2D eigenvalue weighted by molar-refractivity contribution is 0.148. The number of nitrogens with two attached hydrogens (primary N) is 1. The molecule has 0 bridgehead atoms. The largest absolute Gasteiger partial charge is 0.508 e. The zero-order valence-electron chi connectivity index (χ0n) is 62.5. The number of ether oxygens (including phenoxy) is 1. The minimum Gasteiger partial charge on any atom is -0.508 e. The normalized spacial score (nSPS) is 13.3. The summed E-state index contributed by atoms with van der Waals surface area (Å²) in [6.07, 6.45) is 10.3. The average molecular weight is 1950 g/mol. The van der Waals surface area contributed by atoms with Crippen molar-refractivity contribution in [3.8, 4) is 56.4 Å². The summed E-state index contributed by atoms with van der Waals surface area (Å²) in [6.45, 7) is 16.6. The van der Waals surface area contributed by atoms with E-state index in [0.29, 0.717) is 49.7 Å². The Morgan fingerprint density at radius 3 is 1.25 bits per heavy atom. The number of benzene rings is 8. The number of aliphatic hydroxyl groups excluding tert-OH is 1. The van der Waals surface area contributed by atoms with Gasteiger partial charge in [-0.05, 0) is 293 Å². The first-order valence-corrected chi connectivity index (χ1v) is 46.2. The smallest absolute Gasteiger partial charge is 0.488 e. The molecule has 0 aliphatic carbocycles. The maximum Gasteiger partial charge on any atom is 0.488 e. The number of phenols is 3. The molecule has 2 saturated heterocycles. The zero-order valence-corrected chi connectivity index (χ0v) is 74.0. The molecule has 2 fully saturated rings. The van der Waals surface area contributed by atoms with Crippen LogP contribution in [0.3, 0.4) is 0 Å². The number of sulfone groups is 4. The lowest BCUT2D eigenvalue weighted by Crippen LogP contribution is -2.32. The van der Waals surface area contributed by atoms with Crippen molar-refractivity contribution in [3.63, 3.8) is 0 Å². The summed E-state index contributed by atoms with van der Waals surface area (Å²) >= 11 is 16.3. The highest BCUT2D eigenvalue weighted by molar-refractivity contribution is 14.1. The summed E-state index contributed by atoms with van der Waals surface area (Å²) in [5.74, 6) is 3.56. The number of anilines is 1. The van der Waals surface area contributed by atoms with Crippen molar-refractivity contribution < 1.29 is 68.9 Å². The monoisotopic (exact) mass is 1940 g/mol. The quantitative estimate of drug-likeness (QED) is 0.0310. The number of aromatic hydroxyl groups is 3. The van der Waals surface area contributed by atoms with Crippen LogP contribution in [0.2, 0.25) is 5.02 Å². The Labute approximate surface area is 695 Å². The van der Waals surface area contributed by atoms with Gasteiger partial charge >= 0.3 is 7.12 Å². The predicted molar refractivity (Wildman–Crippen MR) is 467 cm³/mol. The molecule has 0 unspecified atom stereocenters. The second-order valence-corrected chi connectivity index (χ2v) is 39.0. The van der Waals surface area contributed by atoms with Crippen molar-refractivity contribution in [2.75, 3.05) is 82.2 Å². The highest BCUT2D eigenvalue weighted by Crippen LogP contribution is 2.33. The van der Waals surface area contributed by atoms with Gasteiger partial charge in [0, 0.05) is 17.3 Å². The zero-order chi connectivity index (χ0) is 81.1. The molecule has 592 valence electrons. The maximum absolute atomic E-state index is 12.1. The van der Waals surface area contributed by atoms with E-state index >= 15 is 0 Å². The Morgan fingerprint density at radius 2 is 0.881 bits per heavy atom. The maximum atomic E-state index is 12.1. The van der Waals surface area contributed by atoms with Gasteiger partial charge in [0.1, 0.15) is 28.8 Å². The average Bonchev–Trinajstić information content (AvgIpc) is 0.827. The molecule has 29 heteroatoms. The van der Waals surface area contributed by atoms with E-state index in [1.54, 1.807) is 142 Å². The van der Waals surface area contributed by atoms with Gasteiger partial charge in [0.05, 0.1) is 65.8 Å². The van der Waals surface area contributed by atoms with E-state index in [1.807, 2.05) is 59.0 Å². The predicted octanol–water partition coefficient (Wildman–Crippen LogP) is 16.7. The van der Waals surface area contributed by atoms with E-state index in [2.05, 4.69) is 103 Å². The molecule has 109 heavy (non-hydrogen) atoms. The lowest BCUT2D eigenvalue weighted by Gasteiger charge is -2.28. The van der Waals surface area contributed by atoms with Gasteiger partial charge in [0.2, 0.25) is 0 Å².